The van der Waals surface area contributed by atoms with Crippen LogP contribution in [0.3, 0.4) is 0 Å². The third kappa shape index (κ3) is 5.66. The standard InChI is InChI=1S/C20H41O4Si2/c1-7-16-26(17-8-2,18-14-12-13-15-18)24-19(21)20(6,9-3)25(22-10-4)23-11-5/h18H,7-17H2,1-6H3. The zero-order valence-corrected chi connectivity index (χ0v) is 20.0. The molecule has 0 N–H and O–H groups in total. The molecule has 26 heavy (non-hydrogen) atoms. The first-order valence-electron chi connectivity index (χ1n) is 10.8. The Labute approximate surface area is 164 Å². The van der Waals surface area contributed by atoms with Crippen molar-refractivity contribution in [1.82, 2.24) is 0 Å². The fourth-order valence-electron chi connectivity index (χ4n) is 4.31. The smallest absolute Gasteiger partial charge is 0.402 e. The lowest BCUT2D eigenvalue weighted by molar-refractivity contribution is -0.139. The Morgan fingerprint density at radius 2 is 1.50 bits per heavy atom. The summed E-state index contributed by atoms with van der Waals surface area (Å²) in [5, 5.41) is -0.644. The molecule has 1 radical (unpaired) electrons. The van der Waals surface area contributed by atoms with Crippen molar-refractivity contribution in [2.45, 2.75) is 109 Å². The van der Waals surface area contributed by atoms with Crippen molar-refractivity contribution in [3.63, 3.8) is 0 Å². The largest absolute Gasteiger partial charge is 0.518 e. The summed E-state index contributed by atoms with van der Waals surface area (Å²) in [5.41, 5.74) is 0.641. The van der Waals surface area contributed by atoms with Crippen molar-refractivity contribution < 1.29 is 18.1 Å². The molecule has 1 saturated carbocycles. The lowest BCUT2D eigenvalue weighted by Gasteiger charge is -2.40. The number of carbonyl (C=O) groups is 1. The maximum Gasteiger partial charge on any atom is 0.402 e. The van der Waals surface area contributed by atoms with E-state index in [1.165, 1.54) is 25.7 Å². The normalized spacial score (nSPS) is 18.3. The van der Waals surface area contributed by atoms with Gasteiger partial charge in [-0.05, 0) is 57.7 Å². The van der Waals surface area contributed by atoms with Crippen LogP contribution < -0.4 is 0 Å². The van der Waals surface area contributed by atoms with Crippen LogP contribution >= 0.6 is 0 Å². The summed E-state index contributed by atoms with van der Waals surface area (Å²) in [6.07, 6.45) is 7.99. The average molecular weight is 402 g/mol. The highest BCUT2D eigenvalue weighted by molar-refractivity contribution is 6.77. The van der Waals surface area contributed by atoms with Crippen LogP contribution in [0.4, 0.5) is 0 Å². The molecule has 0 aliphatic heterocycles. The first kappa shape index (κ1) is 23.9. The fraction of sp³-hybridized carbons (Fsp3) is 0.950. The monoisotopic (exact) mass is 401 g/mol. The first-order chi connectivity index (χ1) is 12.4. The third-order valence-corrected chi connectivity index (χ3v) is 13.8. The second-order valence-corrected chi connectivity index (χ2v) is 14.2. The first-order valence-corrected chi connectivity index (χ1v) is 14.5. The van der Waals surface area contributed by atoms with Gasteiger partial charge in [0, 0.05) is 13.2 Å². The lowest BCUT2D eigenvalue weighted by atomic mass is 10.1. The summed E-state index contributed by atoms with van der Waals surface area (Å²) < 4.78 is 18.4. The summed E-state index contributed by atoms with van der Waals surface area (Å²) >= 11 is 0. The van der Waals surface area contributed by atoms with Crippen molar-refractivity contribution in [1.29, 1.82) is 0 Å². The minimum atomic E-state index is -2.09. The van der Waals surface area contributed by atoms with Crippen LogP contribution in [-0.2, 0) is 18.1 Å². The topological polar surface area (TPSA) is 44.8 Å². The van der Waals surface area contributed by atoms with Crippen LogP contribution in [-0.4, -0.2) is 36.8 Å². The summed E-state index contributed by atoms with van der Waals surface area (Å²) in [5.74, 6) is -0.0451. The maximum atomic E-state index is 13.5. The van der Waals surface area contributed by atoms with E-state index in [1.54, 1.807) is 0 Å². The zero-order chi connectivity index (χ0) is 19.6. The van der Waals surface area contributed by atoms with Crippen molar-refractivity contribution >= 4 is 23.6 Å². The van der Waals surface area contributed by atoms with E-state index in [9.17, 15) is 4.79 Å². The van der Waals surface area contributed by atoms with Crippen LogP contribution in [0.25, 0.3) is 0 Å². The van der Waals surface area contributed by atoms with Gasteiger partial charge in [-0.3, -0.25) is 4.79 Å². The molecule has 1 aliphatic carbocycles. The quantitative estimate of drug-likeness (QED) is 0.357. The Kier molecular flexibility index (Phi) is 10.7. The van der Waals surface area contributed by atoms with Crippen LogP contribution in [0.1, 0.15) is 86.5 Å². The van der Waals surface area contributed by atoms with Crippen LogP contribution in [0, 0.1) is 0 Å². The molecule has 4 nitrogen and oxygen atoms in total. The van der Waals surface area contributed by atoms with E-state index < -0.39 is 22.6 Å². The number of rotatable bonds is 13. The Hall–Kier alpha value is -0.176. The summed E-state index contributed by atoms with van der Waals surface area (Å²) in [7, 11) is -3.80. The molecule has 1 aliphatic rings. The van der Waals surface area contributed by atoms with E-state index in [-0.39, 0.29) is 5.97 Å². The molecule has 0 aromatic carbocycles. The van der Waals surface area contributed by atoms with E-state index in [0.717, 1.165) is 24.9 Å². The second kappa shape index (κ2) is 11.6. The zero-order valence-electron chi connectivity index (χ0n) is 18.0. The molecule has 0 amide bonds. The molecule has 6 heteroatoms. The van der Waals surface area contributed by atoms with E-state index in [1.807, 2.05) is 20.8 Å². The molecule has 0 spiro atoms. The van der Waals surface area contributed by atoms with E-state index in [4.69, 9.17) is 13.3 Å². The van der Waals surface area contributed by atoms with Gasteiger partial charge in [0.05, 0.1) is 0 Å². The van der Waals surface area contributed by atoms with Crippen LogP contribution in [0.2, 0.25) is 22.7 Å². The highest BCUT2D eigenvalue weighted by atomic mass is 28.4. The highest BCUT2D eigenvalue weighted by Crippen LogP contribution is 2.47. The lowest BCUT2D eigenvalue weighted by Crippen LogP contribution is -2.50. The van der Waals surface area contributed by atoms with Gasteiger partial charge in [0.25, 0.3) is 14.3 Å². The molecule has 0 saturated heterocycles. The highest BCUT2D eigenvalue weighted by Gasteiger charge is 2.52. The number of hydrogen-bond acceptors (Lipinski definition) is 4. The van der Waals surface area contributed by atoms with Crippen LogP contribution in [0.5, 0.6) is 0 Å². The Morgan fingerprint density at radius 3 is 1.88 bits per heavy atom. The van der Waals surface area contributed by atoms with Crippen molar-refractivity contribution in [3.05, 3.63) is 0 Å². The molecular formula is C20H41O4Si2. The minimum absolute atomic E-state index is 0.0451. The van der Waals surface area contributed by atoms with Gasteiger partial charge >= 0.3 is 9.28 Å². The third-order valence-electron chi connectivity index (χ3n) is 5.90. The fourth-order valence-corrected chi connectivity index (χ4v) is 11.3. The number of carbonyl (C=O) groups excluding carboxylic acids is 1. The number of hydrogen-bond donors (Lipinski definition) is 0. The molecular weight excluding hydrogens is 360 g/mol. The summed E-state index contributed by atoms with van der Waals surface area (Å²) in [6.45, 7) is 13.6. The van der Waals surface area contributed by atoms with Gasteiger partial charge < -0.3 is 13.3 Å². The summed E-state index contributed by atoms with van der Waals surface area (Å²) in [6, 6.07) is 2.20. The van der Waals surface area contributed by atoms with Gasteiger partial charge in [0.15, 0.2) is 0 Å². The SMILES string of the molecule is CCC[Si](CCC)(OC(=O)C(C)(CC)[Si](OCC)OCC)C1CCCC1. The van der Waals surface area contributed by atoms with Crippen molar-refractivity contribution in [2.75, 3.05) is 13.2 Å². The molecule has 153 valence electrons. The van der Waals surface area contributed by atoms with Gasteiger partial charge in [-0.2, -0.15) is 0 Å². The van der Waals surface area contributed by atoms with E-state index in [0.29, 0.717) is 25.2 Å². The Morgan fingerprint density at radius 1 is 1.00 bits per heavy atom. The molecule has 1 fully saturated rings. The van der Waals surface area contributed by atoms with Crippen LogP contribution in [0.15, 0.2) is 0 Å². The van der Waals surface area contributed by atoms with E-state index >= 15 is 0 Å². The minimum Gasteiger partial charge on any atom is -0.518 e. The predicted molar refractivity (Wildman–Crippen MR) is 112 cm³/mol. The molecule has 1 unspecified atom stereocenters. The van der Waals surface area contributed by atoms with Gasteiger partial charge in [0.1, 0.15) is 5.04 Å². The van der Waals surface area contributed by atoms with Crippen molar-refractivity contribution in [3.8, 4) is 0 Å². The van der Waals surface area contributed by atoms with E-state index in [2.05, 4.69) is 20.8 Å². The Balaban J connectivity index is 3.10. The van der Waals surface area contributed by atoms with Crippen molar-refractivity contribution in [2.24, 2.45) is 0 Å². The molecule has 0 heterocycles. The van der Waals surface area contributed by atoms with Gasteiger partial charge in [-0.15, -0.1) is 0 Å². The molecule has 0 aromatic heterocycles. The summed E-state index contributed by atoms with van der Waals surface area (Å²) in [4.78, 5) is 13.5. The van der Waals surface area contributed by atoms with Gasteiger partial charge in [0.2, 0.25) is 0 Å². The second-order valence-electron chi connectivity index (χ2n) is 7.77. The predicted octanol–water partition coefficient (Wildman–Crippen LogP) is 5.97. The van der Waals surface area contributed by atoms with Gasteiger partial charge in [-0.25, -0.2) is 0 Å². The molecule has 0 aromatic rings. The molecule has 1 rings (SSSR count). The molecule has 0 bridgehead atoms. The molecule has 1 atom stereocenters. The maximum absolute atomic E-state index is 13.5. The van der Waals surface area contributed by atoms with Gasteiger partial charge in [-0.1, -0.05) is 46.5 Å². The average Bonchev–Trinajstić information content (AvgIpc) is 3.16. The Bertz CT molecular complexity index is 401.